The molecule has 2 N–H and O–H groups in total. The van der Waals surface area contributed by atoms with Gasteiger partial charge in [-0.1, -0.05) is 176 Å². The first-order valence-corrected chi connectivity index (χ1v) is 20.0. The summed E-state index contributed by atoms with van der Waals surface area (Å²) >= 11 is 4.19. The summed E-state index contributed by atoms with van der Waals surface area (Å²) in [6.45, 7) is 0. The van der Waals surface area contributed by atoms with E-state index in [1.54, 1.807) is 0 Å². The lowest BCUT2D eigenvalue weighted by molar-refractivity contribution is 0.968. The number of rotatable bonds is 7. The molecular weight excluding hydrogens is 739 g/mol. The van der Waals surface area contributed by atoms with E-state index in [0.29, 0.717) is 5.82 Å². The van der Waals surface area contributed by atoms with Crippen LogP contribution in [-0.4, -0.2) is 20.7 Å². The minimum absolute atomic E-state index is 0.397. The first-order chi connectivity index (χ1) is 29.1. The fraction of sp³-hybridized carbons (Fsp3) is 0.0189. The van der Waals surface area contributed by atoms with Crippen molar-refractivity contribution < 1.29 is 0 Å². The van der Waals surface area contributed by atoms with Crippen LogP contribution in [0.4, 0.5) is 0 Å². The number of benzene rings is 7. The van der Waals surface area contributed by atoms with Crippen molar-refractivity contribution in [1.29, 1.82) is 0 Å². The zero-order valence-corrected chi connectivity index (χ0v) is 32.8. The van der Waals surface area contributed by atoms with Crippen molar-refractivity contribution >= 4 is 35.5 Å². The molecule has 1 aliphatic rings. The molecule has 280 valence electrons. The summed E-state index contributed by atoms with van der Waals surface area (Å²) in [6.07, 6.45) is 3.99. The molecule has 0 fully saturated rings. The normalized spacial score (nSPS) is 14.1. The number of hydrogen-bond acceptors (Lipinski definition) is 6. The monoisotopic (exact) mass is 775 g/mol. The van der Waals surface area contributed by atoms with Crippen LogP contribution in [0, 0.1) is 0 Å². The van der Waals surface area contributed by atoms with Crippen LogP contribution in [0.5, 0.6) is 0 Å². The van der Waals surface area contributed by atoms with Gasteiger partial charge in [-0.25, -0.2) is 19.3 Å². The highest BCUT2D eigenvalue weighted by molar-refractivity contribution is 7.79. The van der Waals surface area contributed by atoms with Crippen LogP contribution in [0.2, 0.25) is 0 Å². The smallest absolute Gasteiger partial charge is 0.160 e. The van der Waals surface area contributed by atoms with Crippen molar-refractivity contribution in [2.24, 2.45) is 10.1 Å². The Hall–Kier alpha value is -7.25. The van der Waals surface area contributed by atoms with Crippen molar-refractivity contribution in [1.82, 2.24) is 15.0 Å². The average molecular weight is 776 g/mol. The molecule has 6 heteroatoms. The predicted octanol–water partition coefficient (Wildman–Crippen LogP) is 13.0. The fourth-order valence-corrected chi connectivity index (χ4v) is 8.14. The highest BCUT2D eigenvalue weighted by atomic mass is 32.1. The zero-order valence-electron chi connectivity index (χ0n) is 31.9. The van der Waals surface area contributed by atoms with Crippen molar-refractivity contribution in [2.45, 2.75) is 6.04 Å². The van der Waals surface area contributed by atoms with Gasteiger partial charge in [-0.2, -0.15) is 0 Å². The van der Waals surface area contributed by atoms with Crippen molar-refractivity contribution in [2.75, 3.05) is 0 Å². The molecule has 0 bridgehead atoms. The Morgan fingerprint density at radius 1 is 0.424 bits per heavy atom. The lowest BCUT2D eigenvalue weighted by Crippen LogP contribution is -2.24. The second kappa shape index (κ2) is 15.6. The van der Waals surface area contributed by atoms with E-state index in [0.717, 1.165) is 89.3 Å². The van der Waals surface area contributed by atoms with Crippen molar-refractivity contribution in [3.8, 4) is 78.5 Å². The maximum Gasteiger partial charge on any atom is 0.160 e. The molecule has 1 aliphatic carbocycles. The fourth-order valence-electron chi connectivity index (χ4n) is 7.95. The number of nitrogens with zero attached hydrogens (tertiary/aromatic N) is 4. The number of para-hydroxylation sites is 1. The van der Waals surface area contributed by atoms with Gasteiger partial charge >= 0.3 is 0 Å². The third-order valence-corrected chi connectivity index (χ3v) is 11.3. The molecule has 1 atom stereocenters. The first kappa shape index (κ1) is 36.1. The summed E-state index contributed by atoms with van der Waals surface area (Å²) in [5, 5.41) is 1.02. The van der Waals surface area contributed by atoms with Gasteiger partial charge in [0.25, 0.3) is 0 Å². The maximum absolute atomic E-state index is 6.75. The van der Waals surface area contributed by atoms with E-state index in [-0.39, 0.29) is 0 Å². The maximum atomic E-state index is 6.75. The minimum atomic E-state index is -0.397. The van der Waals surface area contributed by atoms with Gasteiger partial charge in [-0.15, -0.1) is 0 Å². The Morgan fingerprint density at radius 3 is 1.56 bits per heavy atom. The summed E-state index contributed by atoms with van der Waals surface area (Å²) < 4.78 is 4.15. The quantitative estimate of drug-likeness (QED) is 0.158. The van der Waals surface area contributed by atoms with Crippen LogP contribution >= 0.6 is 12.8 Å². The van der Waals surface area contributed by atoms with Crippen LogP contribution in [0.25, 0.3) is 95.5 Å². The zero-order chi connectivity index (χ0) is 39.7. The van der Waals surface area contributed by atoms with Crippen LogP contribution in [-0.2, 0) is 0 Å². The number of hydrogen-bond donors (Lipinski definition) is 2. The van der Waals surface area contributed by atoms with Gasteiger partial charge in [0, 0.05) is 33.2 Å². The first-order valence-electron chi connectivity index (χ1n) is 19.6. The van der Waals surface area contributed by atoms with E-state index >= 15 is 0 Å². The summed E-state index contributed by atoms with van der Waals surface area (Å²) in [5.41, 5.74) is 23.8. The molecule has 1 unspecified atom stereocenters. The molecule has 0 saturated carbocycles. The molecule has 0 saturated heterocycles. The topological polar surface area (TPSA) is 77.0 Å². The second-order valence-corrected chi connectivity index (χ2v) is 14.8. The molecule has 10 rings (SSSR count). The van der Waals surface area contributed by atoms with E-state index in [4.69, 9.17) is 20.7 Å². The van der Waals surface area contributed by atoms with E-state index in [2.05, 4.69) is 181 Å². The van der Waals surface area contributed by atoms with Gasteiger partial charge in [0.15, 0.2) is 5.82 Å². The highest BCUT2D eigenvalue weighted by Crippen LogP contribution is 2.39. The molecule has 2 heterocycles. The van der Waals surface area contributed by atoms with Crippen LogP contribution < -0.4 is 5.73 Å². The molecule has 2 aromatic heterocycles. The molecule has 0 aliphatic heterocycles. The van der Waals surface area contributed by atoms with Gasteiger partial charge in [0.05, 0.1) is 34.4 Å². The SMILES string of the molecule is NC1/C(=N\S)C=Cc2c(-c3ccc(-c4cccc(-c5cc(-c6ccc(-c7ccccc7)cc6)nc(-c6ccc(-c7ccccc7)cc6)n5)c4)cc3)nc3ccccc3c21. The summed E-state index contributed by atoms with van der Waals surface area (Å²) in [4.78, 5) is 15.5. The second-order valence-electron chi connectivity index (χ2n) is 14.6. The largest absolute Gasteiger partial charge is 0.319 e. The standard InChI is InChI=1S/C53H37N5S/c54-51-47(58-59)31-30-45-50(51)44-16-7-8-17-46(44)55-52(45)40-26-20-38(21-27-40)42-14-9-15-43(32-42)49-33-48(39-24-18-36(19-25-39)34-10-3-1-4-11-34)56-53(57-49)41-28-22-37(23-29-41)35-12-5-2-6-13-35/h1-33,51,59H,54H2/b58-47-. The Kier molecular flexibility index (Phi) is 9.55. The average Bonchev–Trinajstić information content (AvgIpc) is 3.32. The van der Waals surface area contributed by atoms with Crippen LogP contribution in [0.15, 0.2) is 199 Å². The molecule has 7 aromatic carbocycles. The van der Waals surface area contributed by atoms with E-state index in [9.17, 15) is 0 Å². The Balaban J connectivity index is 1.02. The number of fused-ring (bicyclic) bond motifs is 3. The minimum Gasteiger partial charge on any atom is -0.319 e. The lowest BCUT2D eigenvalue weighted by Gasteiger charge is -2.23. The van der Waals surface area contributed by atoms with E-state index in [1.807, 2.05) is 36.4 Å². The Morgan fingerprint density at radius 2 is 0.915 bits per heavy atom. The van der Waals surface area contributed by atoms with Gasteiger partial charge in [0.2, 0.25) is 0 Å². The third-order valence-electron chi connectivity index (χ3n) is 11.1. The summed E-state index contributed by atoms with van der Waals surface area (Å²) in [6, 6.07) is 64.9. The molecule has 0 amide bonds. The number of nitrogens with two attached hydrogens (primary N) is 1. The summed E-state index contributed by atoms with van der Waals surface area (Å²) in [7, 11) is 0. The molecule has 59 heavy (non-hydrogen) atoms. The van der Waals surface area contributed by atoms with Crippen molar-refractivity contribution in [3.63, 3.8) is 0 Å². The van der Waals surface area contributed by atoms with Crippen molar-refractivity contribution in [3.05, 3.63) is 205 Å². The third kappa shape index (κ3) is 7.06. The number of thiol groups is 1. The molecule has 5 nitrogen and oxygen atoms in total. The van der Waals surface area contributed by atoms with E-state index < -0.39 is 6.04 Å². The Bertz CT molecular complexity index is 2930. The Labute approximate surface area is 348 Å². The molecule has 0 radical (unpaired) electrons. The molecular formula is C53H37N5S. The van der Waals surface area contributed by atoms with Gasteiger partial charge in [0.1, 0.15) is 0 Å². The molecule has 9 aromatic rings. The van der Waals surface area contributed by atoms with Crippen LogP contribution in [0.1, 0.15) is 17.2 Å². The highest BCUT2D eigenvalue weighted by Gasteiger charge is 2.25. The lowest BCUT2D eigenvalue weighted by atomic mass is 9.86. The van der Waals surface area contributed by atoms with Gasteiger partial charge in [-0.05, 0) is 76.0 Å². The number of pyridine rings is 1. The van der Waals surface area contributed by atoms with Gasteiger partial charge in [-0.3, -0.25) is 0 Å². The van der Waals surface area contributed by atoms with Gasteiger partial charge < -0.3 is 5.73 Å². The van der Waals surface area contributed by atoms with E-state index in [1.165, 1.54) is 11.1 Å². The van der Waals surface area contributed by atoms with Crippen LogP contribution in [0.3, 0.4) is 0 Å². The summed E-state index contributed by atoms with van der Waals surface area (Å²) in [5.74, 6) is 0.673. The molecule has 0 spiro atoms. The number of aromatic nitrogens is 3. The predicted molar refractivity (Wildman–Crippen MR) is 248 cm³/mol.